The topological polar surface area (TPSA) is 110 Å². The summed E-state index contributed by atoms with van der Waals surface area (Å²) >= 11 is 0. The van der Waals surface area contributed by atoms with Crippen molar-refractivity contribution >= 4 is 22.5 Å². The quantitative estimate of drug-likeness (QED) is 0.525. The second kappa shape index (κ2) is 7.10. The van der Waals surface area contributed by atoms with E-state index in [1.165, 1.54) is 16.9 Å². The van der Waals surface area contributed by atoms with Crippen LogP contribution in [0.3, 0.4) is 0 Å². The minimum Gasteiger partial charge on any atom is -0.387 e. The average molecular weight is 340 g/mol. The van der Waals surface area contributed by atoms with Gasteiger partial charge in [-0.25, -0.2) is 0 Å². The van der Waals surface area contributed by atoms with Crippen molar-refractivity contribution < 1.29 is 14.8 Å². The van der Waals surface area contributed by atoms with Gasteiger partial charge in [-0.15, -0.1) is 0 Å². The number of hydrogen-bond acceptors (Lipinski definition) is 5. The number of hydrogen-bond donors (Lipinski definition) is 2. The van der Waals surface area contributed by atoms with Crippen LogP contribution in [-0.2, 0) is 11.3 Å². The molecule has 0 aliphatic rings. The Kier molecular flexibility index (Phi) is 4.71. The van der Waals surface area contributed by atoms with Crippen LogP contribution >= 0.6 is 0 Å². The predicted octanol–water partition coefficient (Wildman–Crippen LogP) is 1.79. The summed E-state index contributed by atoms with van der Waals surface area (Å²) in [5.74, 6) is -0.707. The number of nitrogens with one attached hydrogen (secondary N) is 1. The monoisotopic (exact) mass is 340 g/mol. The van der Waals surface area contributed by atoms with E-state index in [9.17, 15) is 20.0 Å². The highest BCUT2D eigenvalue weighted by atomic mass is 16.6. The first-order chi connectivity index (χ1) is 12.0. The Morgan fingerprint density at radius 2 is 2.00 bits per heavy atom. The van der Waals surface area contributed by atoms with Gasteiger partial charge in [0.1, 0.15) is 6.54 Å². The summed E-state index contributed by atoms with van der Waals surface area (Å²) in [5, 5.41) is 29.1. The van der Waals surface area contributed by atoms with E-state index in [-0.39, 0.29) is 18.9 Å². The number of carbonyl (C=O) groups is 1. The molecule has 8 nitrogen and oxygen atoms in total. The second-order valence-corrected chi connectivity index (χ2v) is 5.56. The Morgan fingerprint density at radius 1 is 1.24 bits per heavy atom. The number of aliphatic hydroxyl groups excluding tert-OH is 1. The van der Waals surface area contributed by atoms with Crippen LogP contribution < -0.4 is 5.32 Å². The molecule has 1 aromatic heterocycles. The van der Waals surface area contributed by atoms with Crippen LogP contribution in [0.4, 0.5) is 5.82 Å². The van der Waals surface area contributed by atoms with Crippen molar-refractivity contribution in [2.75, 3.05) is 6.54 Å². The number of aliphatic hydroxyl groups is 1. The van der Waals surface area contributed by atoms with Crippen LogP contribution in [0.1, 0.15) is 11.7 Å². The van der Waals surface area contributed by atoms with E-state index < -0.39 is 16.9 Å². The van der Waals surface area contributed by atoms with Crippen LogP contribution in [-0.4, -0.2) is 32.3 Å². The van der Waals surface area contributed by atoms with Crippen LogP contribution in [0.5, 0.6) is 0 Å². The fraction of sp³-hybridized carbons (Fsp3) is 0.176. The van der Waals surface area contributed by atoms with Crippen molar-refractivity contribution in [3.05, 3.63) is 70.4 Å². The van der Waals surface area contributed by atoms with Crippen molar-refractivity contribution in [1.82, 2.24) is 15.1 Å². The molecule has 3 aromatic rings. The van der Waals surface area contributed by atoms with Gasteiger partial charge in [0.25, 0.3) is 0 Å². The van der Waals surface area contributed by atoms with Gasteiger partial charge in [0.2, 0.25) is 5.91 Å². The van der Waals surface area contributed by atoms with E-state index >= 15 is 0 Å². The zero-order valence-electron chi connectivity index (χ0n) is 13.2. The summed E-state index contributed by atoms with van der Waals surface area (Å²) in [6.07, 6.45) is 0.512. The maximum Gasteiger partial charge on any atom is 0.389 e. The van der Waals surface area contributed by atoms with Crippen molar-refractivity contribution in [2.45, 2.75) is 12.6 Å². The number of rotatable bonds is 6. The SMILES string of the molecule is O=C(Cn1ccc([N+](=O)[O-])n1)NCC(O)c1ccc2ccccc2c1. The van der Waals surface area contributed by atoms with Gasteiger partial charge in [-0.05, 0) is 27.3 Å². The molecule has 0 aliphatic heterocycles. The molecule has 8 heteroatoms. The van der Waals surface area contributed by atoms with E-state index in [0.29, 0.717) is 5.56 Å². The Bertz CT molecular complexity index is 922. The average Bonchev–Trinajstić information content (AvgIpc) is 3.08. The van der Waals surface area contributed by atoms with Gasteiger partial charge in [0.15, 0.2) is 0 Å². The van der Waals surface area contributed by atoms with Gasteiger partial charge in [-0.3, -0.25) is 4.79 Å². The summed E-state index contributed by atoms with van der Waals surface area (Å²) in [6.45, 7) is -0.112. The molecule has 0 fully saturated rings. The molecule has 1 heterocycles. The Balaban J connectivity index is 1.57. The lowest BCUT2D eigenvalue weighted by Gasteiger charge is -2.13. The minimum atomic E-state index is -0.847. The summed E-state index contributed by atoms with van der Waals surface area (Å²) in [4.78, 5) is 21.8. The van der Waals surface area contributed by atoms with Crippen molar-refractivity contribution in [3.63, 3.8) is 0 Å². The van der Waals surface area contributed by atoms with Crippen LogP contribution in [0.15, 0.2) is 54.7 Å². The molecule has 1 amide bonds. The van der Waals surface area contributed by atoms with Gasteiger partial charge >= 0.3 is 5.82 Å². The van der Waals surface area contributed by atoms with Gasteiger partial charge < -0.3 is 20.5 Å². The lowest BCUT2D eigenvalue weighted by Crippen LogP contribution is -2.31. The minimum absolute atomic E-state index is 0.0422. The molecule has 128 valence electrons. The fourth-order valence-electron chi connectivity index (χ4n) is 2.48. The number of amides is 1. The van der Waals surface area contributed by atoms with E-state index in [1.54, 1.807) is 0 Å². The first-order valence-electron chi connectivity index (χ1n) is 7.64. The third-order valence-electron chi connectivity index (χ3n) is 3.77. The lowest BCUT2D eigenvalue weighted by atomic mass is 10.0. The molecule has 2 N–H and O–H groups in total. The van der Waals surface area contributed by atoms with Gasteiger partial charge in [-0.1, -0.05) is 36.4 Å². The molecule has 1 unspecified atom stereocenters. The van der Waals surface area contributed by atoms with E-state index in [2.05, 4.69) is 10.4 Å². The fourth-order valence-corrected chi connectivity index (χ4v) is 2.48. The standard InChI is InChI=1S/C17H16N4O4/c22-15(14-6-5-12-3-1-2-4-13(12)9-14)10-18-17(23)11-20-8-7-16(19-20)21(24)25/h1-9,15,22H,10-11H2,(H,18,23). The molecule has 2 aromatic carbocycles. The molecule has 0 bridgehead atoms. The van der Waals surface area contributed by atoms with Crippen molar-refractivity contribution in [1.29, 1.82) is 0 Å². The number of aromatic nitrogens is 2. The second-order valence-electron chi connectivity index (χ2n) is 5.56. The van der Waals surface area contributed by atoms with E-state index in [0.717, 1.165) is 10.8 Å². The molecule has 0 saturated heterocycles. The van der Waals surface area contributed by atoms with Crippen molar-refractivity contribution in [2.24, 2.45) is 0 Å². The number of carbonyl (C=O) groups excluding carboxylic acids is 1. The first kappa shape index (κ1) is 16.6. The third-order valence-corrected chi connectivity index (χ3v) is 3.77. The summed E-state index contributed by atoms with van der Waals surface area (Å²) in [5.41, 5.74) is 0.703. The van der Waals surface area contributed by atoms with Gasteiger partial charge in [-0.2, -0.15) is 4.68 Å². The van der Waals surface area contributed by atoms with E-state index in [1.807, 2.05) is 42.5 Å². The Morgan fingerprint density at radius 3 is 2.72 bits per heavy atom. The van der Waals surface area contributed by atoms with Crippen molar-refractivity contribution in [3.8, 4) is 0 Å². The predicted molar refractivity (Wildman–Crippen MR) is 90.8 cm³/mol. The smallest absolute Gasteiger partial charge is 0.387 e. The number of benzene rings is 2. The first-order valence-corrected chi connectivity index (χ1v) is 7.64. The molecule has 0 spiro atoms. The molecule has 3 rings (SSSR count). The molecule has 1 atom stereocenters. The van der Waals surface area contributed by atoms with Gasteiger partial charge in [0.05, 0.1) is 23.5 Å². The molecular weight excluding hydrogens is 324 g/mol. The van der Waals surface area contributed by atoms with Crippen LogP contribution in [0.2, 0.25) is 0 Å². The summed E-state index contributed by atoms with van der Waals surface area (Å²) < 4.78 is 1.18. The normalized spacial score (nSPS) is 12.0. The Labute approximate surface area is 142 Å². The molecule has 25 heavy (non-hydrogen) atoms. The molecule has 0 saturated carbocycles. The molecule has 0 radical (unpaired) electrons. The number of nitrogens with zero attached hydrogens (tertiary/aromatic N) is 3. The summed E-state index contributed by atoms with van der Waals surface area (Å²) in [7, 11) is 0. The number of fused-ring (bicyclic) bond motifs is 1. The highest BCUT2D eigenvalue weighted by Gasteiger charge is 2.15. The largest absolute Gasteiger partial charge is 0.389 e. The third kappa shape index (κ3) is 3.99. The lowest BCUT2D eigenvalue weighted by molar-refractivity contribution is -0.389. The summed E-state index contributed by atoms with van der Waals surface area (Å²) in [6, 6.07) is 14.6. The van der Waals surface area contributed by atoms with Gasteiger partial charge in [0, 0.05) is 6.54 Å². The zero-order valence-corrected chi connectivity index (χ0v) is 13.2. The number of nitro groups is 1. The molecule has 0 aliphatic carbocycles. The highest BCUT2D eigenvalue weighted by Crippen LogP contribution is 2.20. The maximum atomic E-state index is 11.9. The maximum absolute atomic E-state index is 11.9. The van der Waals surface area contributed by atoms with Crippen LogP contribution in [0.25, 0.3) is 10.8 Å². The Hall–Kier alpha value is -3.26. The molecular formula is C17H16N4O4. The van der Waals surface area contributed by atoms with E-state index in [4.69, 9.17) is 0 Å². The zero-order chi connectivity index (χ0) is 17.8. The van der Waals surface area contributed by atoms with Crippen LogP contribution in [0, 0.1) is 10.1 Å². The highest BCUT2D eigenvalue weighted by molar-refractivity contribution is 5.83.